The van der Waals surface area contributed by atoms with Crippen LogP contribution < -0.4 is 5.63 Å². The van der Waals surface area contributed by atoms with E-state index in [9.17, 15) is 9.59 Å². The van der Waals surface area contributed by atoms with Crippen LogP contribution >= 0.6 is 0 Å². The third-order valence-electron chi connectivity index (χ3n) is 3.93. The average molecular weight is 300 g/mol. The van der Waals surface area contributed by atoms with Crippen LogP contribution in [0.3, 0.4) is 0 Å². The predicted molar refractivity (Wildman–Crippen MR) is 89.9 cm³/mol. The van der Waals surface area contributed by atoms with Crippen molar-refractivity contribution in [1.82, 2.24) is 0 Å². The Morgan fingerprint density at radius 2 is 1.43 bits per heavy atom. The second-order valence-electron chi connectivity index (χ2n) is 5.33. The Bertz CT molecular complexity index is 1100. The number of hydrogen-bond acceptors (Lipinski definition) is 3. The number of rotatable bonds is 2. The normalized spacial score (nSPS) is 11.0. The largest absolute Gasteiger partial charge is 0.423 e. The molecule has 0 fully saturated rings. The van der Waals surface area contributed by atoms with E-state index in [0.717, 1.165) is 10.8 Å². The van der Waals surface area contributed by atoms with Gasteiger partial charge in [0.15, 0.2) is 5.78 Å². The average Bonchev–Trinajstić information content (AvgIpc) is 2.60. The quantitative estimate of drug-likeness (QED) is 0.412. The highest BCUT2D eigenvalue weighted by Gasteiger charge is 2.16. The molecule has 3 heteroatoms. The van der Waals surface area contributed by atoms with Crippen LogP contribution in [-0.4, -0.2) is 5.78 Å². The first kappa shape index (κ1) is 13.5. The minimum absolute atomic E-state index is 0.175. The van der Waals surface area contributed by atoms with Crippen molar-refractivity contribution in [2.24, 2.45) is 0 Å². The van der Waals surface area contributed by atoms with Crippen molar-refractivity contribution in [1.29, 1.82) is 0 Å². The summed E-state index contributed by atoms with van der Waals surface area (Å²) in [6.07, 6.45) is 0. The van der Waals surface area contributed by atoms with E-state index in [1.54, 1.807) is 24.3 Å². The minimum Gasteiger partial charge on any atom is -0.423 e. The molecule has 0 aliphatic rings. The van der Waals surface area contributed by atoms with Gasteiger partial charge in [0, 0.05) is 22.6 Å². The summed E-state index contributed by atoms with van der Waals surface area (Å²) < 4.78 is 5.17. The Hall–Kier alpha value is -3.20. The lowest BCUT2D eigenvalue weighted by Gasteiger charge is -2.07. The third-order valence-corrected chi connectivity index (χ3v) is 3.93. The Kier molecular flexibility index (Phi) is 3.05. The van der Waals surface area contributed by atoms with Crippen molar-refractivity contribution < 1.29 is 9.21 Å². The Labute approximate surface area is 131 Å². The molecule has 0 bridgehead atoms. The maximum absolute atomic E-state index is 13.0. The summed E-state index contributed by atoms with van der Waals surface area (Å²) in [5.41, 5.74) is 0.850. The number of carbonyl (C=O) groups excluding carboxylic acids is 1. The van der Waals surface area contributed by atoms with Gasteiger partial charge in [-0.2, -0.15) is 0 Å². The van der Waals surface area contributed by atoms with E-state index >= 15 is 0 Å². The van der Waals surface area contributed by atoms with E-state index < -0.39 is 5.63 Å². The van der Waals surface area contributed by atoms with E-state index in [-0.39, 0.29) is 5.78 Å². The fourth-order valence-electron chi connectivity index (χ4n) is 2.87. The van der Waals surface area contributed by atoms with Crippen molar-refractivity contribution in [3.63, 3.8) is 0 Å². The van der Waals surface area contributed by atoms with E-state index in [0.29, 0.717) is 22.1 Å². The maximum atomic E-state index is 13.0. The fraction of sp³-hybridized carbons (Fsp3) is 0. The first-order valence-corrected chi connectivity index (χ1v) is 7.29. The molecule has 0 radical (unpaired) electrons. The van der Waals surface area contributed by atoms with Crippen LogP contribution in [0, 0.1) is 0 Å². The molecule has 0 unspecified atom stereocenters. The molecule has 23 heavy (non-hydrogen) atoms. The standard InChI is InChI=1S/C20H12O3/c21-19-12-17(15-9-3-4-11-18(15)23-19)20(22)16-10-5-7-13-6-1-2-8-14(13)16/h1-12H. The van der Waals surface area contributed by atoms with Crippen LogP contribution in [0.5, 0.6) is 0 Å². The van der Waals surface area contributed by atoms with E-state index in [1.807, 2.05) is 42.5 Å². The van der Waals surface area contributed by atoms with E-state index in [4.69, 9.17) is 4.42 Å². The number of benzene rings is 3. The summed E-state index contributed by atoms with van der Waals surface area (Å²) in [5.74, 6) is -0.175. The summed E-state index contributed by atoms with van der Waals surface area (Å²) in [4.78, 5) is 24.8. The van der Waals surface area contributed by atoms with Gasteiger partial charge in [-0.05, 0) is 16.8 Å². The smallest absolute Gasteiger partial charge is 0.336 e. The number of ketones is 1. The molecule has 0 aliphatic carbocycles. The lowest BCUT2D eigenvalue weighted by Crippen LogP contribution is -2.08. The highest BCUT2D eigenvalue weighted by atomic mass is 16.4. The molecule has 3 nitrogen and oxygen atoms in total. The summed E-state index contributed by atoms with van der Waals surface area (Å²) in [6, 6.07) is 21.7. The SMILES string of the molecule is O=C(c1cccc2ccccc12)c1cc(=O)oc2ccccc12. The molecule has 0 aliphatic heterocycles. The molecule has 0 spiro atoms. The van der Waals surface area contributed by atoms with Crippen molar-refractivity contribution >= 4 is 27.5 Å². The summed E-state index contributed by atoms with van der Waals surface area (Å²) in [5, 5.41) is 2.51. The number of para-hydroxylation sites is 1. The Balaban J connectivity index is 2.01. The van der Waals surface area contributed by atoms with Gasteiger partial charge in [0.25, 0.3) is 0 Å². The molecule has 3 aromatic carbocycles. The van der Waals surface area contributed by atoms with Crippen LogP contribution in [0.4, 0.5) is 0 Å². The summed E-state index contributed by atoms with van der Waals surface area (Å²) in [6.45, 7) is 0. The van der Waals surface area contributed by atoms with Crippen LogP contribution in [0.15, 0.2) is 82.0 Å². The zero-order valence-corrected chi connectivity index (χ0v) is 12.2. The van der Waals surface area contributed by atoms with Crippen molar-refractivity contribution in [3.8, 4) is 0 Å². The maximum Gasteiger partial charge on any atom is 0.336 e. The van der Waals surface area contributed by atoms with Gasteiger partial charge >= 0.3 is 5.63 Å². The van der Waals surface area contributed by atoms with E-state index in [2.05, 4.69) is 0 Å². The van der Waals surface area contributed by atoms with Gasteiger partial charge in [0.05, 0.1) is 0 Å². The van der Waals surface area contributed by atoms with Gasteiger partial charge in [-0.25, -0.2) is 4.79 Å². The zero-order valence-electron chi connectivity index (χ0n) is 12.2. The molecule has 0 atom stereocenters. The lowest BCUT2D eigenvalue weighted by molar-refractivity contribution is 0.104. The van der Waals surface area contributed by atoms with Crippen LogP contribution in [0.2, 0.25) is 0 Å². The first-order chi connectivity index (χ1) is 11.2. The molecule has 0 saturated heterocycles. The number of carbonyl (C=O) groups is 1. The van der Waals surface area contributed by atoms with Crippen molar-refractivity contribution in [2.75, 3.05) is 0 Å². The molecule has 4 aromatic rings. The molecule has 0 saturated carbocycles. The Morgan fingerprint density at radius 1 is 0.739 bits per heavy atom. The molecular formula is C20H12O3. The second-order valence-corrected chi connectivity index (χ2v) is 5.33. The first-order valence-electron chi connectivity index (χ1n) is 7.29. The predicted octanol–water partition coefficient (Wildman–Crippen LogP) is 4.18. The molecule has 0 amide bonds. The van der Waals surface area contributed by atoms with Crippen LogP contribution in [-0.2, 0) is 0 Å². The highest BCUT2D eigenvalue weighted by Crippen LogP contribution is 2.24. The molecule has 1 heterocycles. The van der Waals surface area contributed by atoms with Gasteiger partial charge in [0.1, 0.15) is 5.58 Å². The molecule has 0 N–H and O–H groups in total. The Morgan fingerprint density at radius 3 is 2.30 bits per heavy atom. The third kappa shape index (κ3) is 2.23. The van der Waals surface area contributed by atoms with E-state index in [1.165, 1.54) is 6.07 Å². The van der Waals surface area contributed by atoms with Crippen molar-refractivity contribution in [2.45, 2.75) is 0 Å². The molecular weight excluding hydrogens is 288 g/mol. The lowest BCUT2D eigenvalue weighted by atomic mass is 9.96. The van der Waals surface area contributed by atoms with Crippen LogP contribution in [0.25, 0.3) is 21.7 Å². The fourth-order valence-corrected chi connectivity index (χ4v) is 2.87. The molecule has 110 valence electrons. The van der Waals surface area contributed by atoms with Gasteiger partial charge in [-0.15, -0.1) is 0 Å². The van der Waals surface area contributed by atoms with Crippen molar-refractivity contribution in [3.05, 3.63) is 94.3 Å². The van der Waals surface area contributed by atoms with Gasteiger partial charge < -0.3 is 4.42 Å². The topological polar surface area (TPSA) is 47.3 Å². The van der Waals surface area contributed by atoms with Gasteiger partial charge in [-0.3, -0.25) is 4.79 Å². The van der Waals surface area contributed by atoms with Gasteiger partial charge in [0.2, 0.25) is 0 Å². The summed E-state index contributed by atoms with van der Waals surface area (Å²) >= 11 is 0. The summed E-state index contributed by atoms with van der Waals surface area (Å²) in [7, 11) is 0. The van der Waals surface area contributed by atoms with Crippen LogP contribution in [0.1, 0.15) is 15.9 Å². The second kappa shape index (κ2) is 5.21. The monoisotopic (exact) mass is 300 g/mol. The number of fused-ring (bicyclic) bond motifs is 2. The van der Waals surface area contributed by atoms with Gasteiger partial charge in [-0.1, -0.05) is 60.7 Å². The number of hydrogen-bond donors (Lipinski definition) is 0. The zero-order chi connectivity index (χ0) is 15.8. The minimum atomic E-state index is -0.521. The molecule has 4 rings (SSSR count). The highest BCUT2D eigenvalue weighted by molar-refractivity contribution is 6.20. The molecule has 1 aromatic heterocycles.